The summed E-state index contributed by atoms with van der Waals surface area (Å²) in [6.07, 6.45) is 4.84. The van der Waals surface area contributed by atoms with Gasteiger partial charge in [-0.25, -0.2) is 0 Å². The topological polar surface area (TPSA) is 62.6 Å². The Hall–Kier alpha value is -2.89. The second-order valence-electron chi connectivity index (χ2n) is 7.86. The number of likely N-dealkylation sites (tertiary alicyclic amines) is 1. The first-order chi connectivity index (χ1) is 13.5. The molecule has 4 rings (SSSR count). The number of rotatable bonds is 3. The second kappa shape index (κ2) is 7.26. The van der Waals surface area contributed by atoms with Gasteiger partial charge in [-0.15, -0.1) is 0 Å². The van der Waals surface area contributed by atoms with Crippen LogP contribution in [0.25, 0.3) is 0 Å². The number of imide groups is 1. The van der Waals surface area contributed by atoms with Crippen LogP contribution in [0.4, 0.5) is 0 Å². The molecule has 0 saturated carbocycles. The largest absolute Gasteiger partial charge is 0.353 e. The summed E-state index contributed by atoms with van der Waals surface area (Å²) in [7, 11) is 1.98. The Morgan fingerprint density at radius 3 is 2.29 bits per heavy atom. The Morgan fingerprint density at radius 1 is 1.00 bits per heavy atom. The van der Waals surface area contributed by atoms with Gasteiger partial charge in [-0.05, 0) is 49.4 Å². The SMILES string of the molecule is C[C@H]1CC[C@@H](c2cccn2C)N(C(=O)CN2C(=O)c3ccccc3C2=O)CC1. The lowest BCUT2D eigenvalue weighted by molar-refractivity contribution is -0.134. The predicted octanol–water partition coefficient (Wildman–Crippen LogP) is 3.01. The molecular formula is C22H25N3O3. The average Bonchev–Trinajstić information content (AvgIpc) is 3.13. The molecule has 0 spiro atoms. The van der Waals surface area contributed by atoms with Crippen molar-refractivity contribution in [3.8, 4) is 0 Å². The van der Waals surface area contributed by atoms with Crippen LogP contribution in [0.3, 0.4) is 0 Å². The number of fused-ring (bicyclic) bond motifs is 1. The van der Waals surface area contributed by atoms with Crippen molar-refractivity contribution in [1.82, 2.24) is 14.4 Å². The third-order valence-corrected chi connectivity index (χ3v) is 5.99. The van der Waals surface area contributed by atoms with Gasteiger partial charge in [0.25, 0.3) is 11.8 Å². The highest BCUT2D eigenvalue weighted by atomic mass is 16.2. The molecule has 146 valence electrons. The van der Waals surface area contributed by atoms with Gasteiger partial charge in [0.15, 0.2) is 0 Å². The van der Waals surface area contributed by atoms with E-state index in [1.807, 2.05) is 34.8 Å². The van der Waals surface area contributed by atoms with Crippen molar-refractivity contribution in [3.05, 3.63) is 59.4 Å². The number of amides is 3. The lowest BCUT2D eigenvalue weighted by Gasteiger charge is -2.31. The van der Waals surface area contributed by atoms with E-state index in [9.17, 15) is 14.4 Å². The third-order valence-electron chi connectivity index (χ3n) is 5.99. The number of hydrogen-bond acceptors (Lipinski definition) is 3. The van der Waals surface area contributed by atoms with Gasteiger partial charge in [0, 0.05) is 25.5 Å². The van der Waals surface area contributed by atoms with Crippen LogP contribution in [-0.2, 0) is 11.8 Å². The van der Waals surface area contributed by atoms with Gasteiger partial charge in [0.1, 0.15) is 6.54 Å². The highest BCUT2D eigenvalue weighted by Crippen LogP contribution is 2.33. The molecule has 0 bridgehead atoms. The van der Waals surface area contributed by atoms with Gasteiger partial charge in [-0.2, -0.15) is 0 Å². The van der Waals surface area contributed by atoms with Gasteiger partial charge in [0.2, 0.25) is 5.91 Å². The van der Waals surface area contributed by atoms with Gasteiger partial charge < -0.3 is 9.47 Å². The maximum atomic E-state index is 13.2. The molecule has 6 nitrogen and oxygen atoms in total. The third kappa shape index (κ3) is 3.13. The average molecular weight is 379 g/mol. The standard InChI is InChI=1S/C22H25N3O3/c1-15-9-10-19(18-8-5-12-23(18)2)24(13-11-15)20(26)14-25-21(27)16-6-3-4-7-17(16)22(25)28/h3-8,12,15,19H,9-11,13-14H2,1-2H3/t15-,19-/m0/s1. The van der Waals surface area contributed by atoms with E-state index in [-0.39, 0.29) is 30.3 Å². The van der Waals surface area contributed by atoms with Crippen molar-refractivity contribution in [1.29, 1.82) is 0 Å². The van der Waals surface area contributed by atoms with Crippen LogP contribution < -0.4 is 0 Å². The van der Waals surface area contributed by atoms with Gasteiger partial charge >= 0.3 is 0 Å². The number of aryl methyl sites for hydroxylation is 1. The first-order valence-electron chi connectivity index (χ1n) is 9.83. The maximum absolute atomic E-state index is 13.2. The minimum atomic E-state index is -0.382. The van der Waals surface area contributed by atoms with Crippen molar-refractivity contribution < 1.29 is 14.4 Å². The summed E-state index contributed by atoms with van der Waals surface area (Å²) in [6.45, 7) is 2.64. The van der Waals surface area contributed by atoms with E-state index in [0.29, 0.717) is 23.6 Å². The Morgan fingerprint density at radius 2 is 1.68 bits per heavy atom. The van der Waals surface area contributed by atoms with E-state index in [4.69, 9.17) is 0 Å². The molecule has 3 heterocycles. The molecule has 1 fully saturated rings. The minimum Gasteiger partial charge on any atom is -0.353 e. The summed E-state index contributed by atoms with van der Waals surface area (Å²) >= 11 is 0. The molecular weight excluding hydrogens is 354 g/mol. The van der Waals surface area contributed by atoms with E-state index >= 15 is 0 Å². The number of carbonyl (C=O) groups is 3. The van der Waals surface area contributed by atoms with Crippen LogP contribution >= 0.6 is 0 Å². The summed E-state index contributed by atoms with van der Waals surface area (Å²) < 4.78 is 2.04. The zero-order chi connectivity index (χ0) is 19.8. The van der Waals surface area contributed by atoms with E-state index in [2.05, 4.69) is 6.92 Å². The number of benzene rings is 1. The molecule has 1 aromatic carbocycles. The van der Waals surface area contributed by atoms with Crippen LogP contribution in [0.2, 0.25) is 0 Å². The molecule has 6 heteroatoms. The van der Waals surface area contributed by atoms with Crippen LogP contribution in [0, 0.1) is 5.92 Å². The minimum absolute atomic E-state index is 0.0346. The summed E-state index contributed by atoms with van der Waals surface area (Å²) in [6, 6.07) is 10.7. The first kappa shape index (κ1) is 18.5. The van der Waals surface area contributed by atoms with Crippen molar-refractivity contribution in [3.63, 3.8) is 0 Å². The highest BCUT2D eigenvalue weighted by Gasteiger charge is 2.38. The molecule has 2 aliphatic rings. The number of hydrogen-bond donors (Lipinski definition) is 0. The van der Waals surface area contributed by atoms with E-state index in [1.165, 1.54) is 0 Å². The molecule has 0 radical (unpaired) electrons. The fourth-order valence-electron chi connectivity index (χ4n) is 4.29. The first-order valence-corrected chi connectivity index (χ1v) is 9.83. The normalized spacial score (nSPS) is 22.4. The fraction of sp³-hybridized carbons (Fsp3) is 0.409. The number of aromatic nitrogens is 1. The predicted molar refractivity (Wildman–Crippen MR) is 105 cm³/mol. The van der Waals surface area contributed by atoms with E-state index in [0.717, 1.165) is 29.9 Å². The molecule has 1 aromatic heterocycles. The Labute approximate surface area is 164 Å². The Kier molecular flexibility index (Phi) is 4.79. The molecule has 2 atom stereocenters. The quantitative estimate of drug-likeness (QED) is 0.770. The van der Waals surface area contributed by atoms with Crippen LogP contribution in [0.15, 0.2) is 42.6 Å². The van der Waals surface area contributed by atoms with Crippen LogP contribution in [0.5, 0.6) is 0 Å². The highest BCUT2D eigenvalue weighted by molar-refractivity contribution is 6.22. The molecule has 2 aliphatic heterocycles. The molecule has 0 N–H and O–H groups in total. The molecule has 0 unspecified atom stereocenters. The lowest BCUT2D eigenvalue weighted by Crippen LogP contribution is -2.44. The maximum Gasteiger partial charge on any atom is 0.262 e. The molecule has 0 aliphatic carbocycles. The Bertz CT molecular complexity index is 898. The molecule has 2 aromatic rings. The molecule has 3 amide bonds. The molecule has 28 heavy (non-hydrogen) atoms. The fourth-order valence-corrected chi connectivity index (χ4v) is 4.29. The zero-order valence-electron chi connectivity index (χ0n) is 16.3. The number of carbonyl (C=O) groups excluding carboxylic acids is 3. The van der Waals surface area contributed by atoms with Crippen molar-refractivity contribution in [2.75, 3.05) is 13.1 Å². The summed E-state index contributed by atoms with van der Waals surface area (Å²) in [5, 5.41) is 0. The zero-order valence-corrected chi connectivity index (χ0v) is 16.3. The van der Waals surface area contributed by atoms with Crippen molar-refractivity contribution >= 4 is 17.7 Å². The summed E-state index contributed by atoms with van der Waals surface area (Å²) in [5.74, 6) is -0.394. The van der Waals surface area contributed by atoms with Crippen molar-refractivity contribution in [2.24, 2.45) is 13.0 Å². The van der Waals surface area contributed by atoms with Crippen LogP contribution in [-0.4, -0.2) is 45.2 Å². The second-order valence-corrected chi connectivity index (χ2v) is 7.86. The van der Waals surface area contributed by atoms with Gasteiger partial charge in [0.05, 0.1) is 17.2 Å². The lowest BCUT2D eigenvalue weighted by atomic mass is 10.00. The number of nitrogens with zero attached hydrogens (tertiary/aromatic N) is 3. The summed E-state index contributed by atoms with van der Waals surface area (Å²) in [4.78, 5) is 41.5. The van der Waals surface area contributed by atoms with Gasteiger partial charge in [-0.1, -0.05) is 19.1 Å². The van der Waals surface area contributed by atoms with Crippen molar-refractivity contribution in [2.45, 2.75) is 32.2 Å². The van der Waals surface area contributed by atoms with E-state index in [1.54, 1.807) is 24.3 Å². The van der Waals surface area contributed by atoms with E-state index < -0.39 is 0 Å². The Balaban J connectivity index is 1.58. The summed E-state index contributed by atoms with van der Waals surface area (Å²) in [5.41, 5.74) is 1.84. The van der Waals surface area contributed by atoms with Crippen LogP contribution in [0.1, 0.15) is 58.6 Å². The van der Waals surface area contributed by atoms with Gasteiger partial charge in [-0.3, -0.25) is 19.3 Å². The smallest absolute Gasteiger partial charge is 0.262 e. The molecule has 1 saturated heterocycles. The monoisotopic (exact) mass is 379 g/mol.